The van der Waals surface area contributed by atoms with Crippen LogP contribution in [0.3, 0.4) is 0 Å². The fourth-order valence-corrected chi connectivity index (χ4v) is 3.94. The van der Waals surface area contributed by atoms with Gasteiger partial charge >= 0.3 is 0 Å². The summed E-state index contributed by atoms with van der Waals surface area (Å²) >= 11 is 7.96. The van der Waals surface area contributed by atoms with Gasteiger partial charge in [0.2, 0.25) is 0 Å². The number of pyridine rings is 1. The van der Waals surface area contributed by atoms with Gasteiger partial charge in [-0.3, -0.25) is 9.78 Å². The summed E-state index contributed by atoms with van der Waals surface area (Å²) < 4.78 is 27.7. The van der Waals surface area contributed by atoms with Gasteiger partial charge in [0.15, 0.2) is 5.16 Å². The molecule has 1 aliphatic carbocycles. The van der Waals surface area contributed by atoms with Crippen LogP contribution >= 0.6 is 23.4 Å². The van der Waals surface area contributed by atoms with Gasteiger partial charge < -0.3 is 5.32 Å². The molecule has 0 atom stereocenters. The molecule has 2 heterocycles. The van der Waals surface area contributed by atoms with Crippen LogP contribution in [0.2, 0.25) is 5.02 Å². The first-order valence-electron chi connectivity index (χ1n) is 9.18. The molecular weight excluding hydrogens is 430 g/mol. The van der Waals surface area contributed by atoms with E-state index in [9.17, 15) is 13.6 Å². The second-order valence-corrected chi connectivity index (χ2v) is 8.25. The Kier molecular flexibility index (Phi) is 5.71. The van der Waals surface area contributed by atoms with Crippen molar-refractivity contribution in [2.24, 2.45) is 0 Å². The molecule has 4 rings (SSSR count). The van der Waals surface area contributed by atoms with Crippen molar-refractivity contribution in [1.29, 1.82) is 0 Å². The molecule has 3 aromatic rings. The lowest BCUT2D eigenvalue weighted by Crippen LogP contribution is -2.34. The molecule has 5 nitrogen and oxygen atoms in total. The lowest BCUT2D eigenvalue weighted by atomic mass is 10.00. The lowest BCUT2D eigenvalue weighted by molar-refractivity contribution is 0.0941. The van der Waals surface area contributed by atoms with Crippen LogP contribution < -0.4 is 5.32 Å². The first kappa shape index (κ1) is 20.7. The number of aromatic nitrogens is 3. The quantitative estimate of drug-likeness (QED) is 0.441. The highest BCUT2D eigenvalue weighted by atomic mass is 35.5. The third-order valence-corrected chi connectivity index (χ3v) is 5.98. The highest BCUT2D eigenvalue weighted by Crippen LogP contribution is 2.49. The van der Waals surface area contributed by atoms with E-state index in [0.29, 0.717) is 15.9 Å². The highest BCUT2D eigenvalue weighted by Gasteiger charge is 2.47. The van der Waals surface area contributed by atoms with Crippen molar-refractivity contribution >= 4 is 29.3 Å². The minimum absolute atomic E-state index is 0.192. The molecule has 1 N–H and O–H groups in total. The maximum atomic E-state index is 13.8. The summed E-state index contributed by atoms with van der Waals surface area (Å²) in [5, 5.41) is 3.77. The van der Waals surface area contributed by atoms with Crippen LogP contribution in [-0.4, -0.2) is 33.7 Å². The summed E-state index contributed by atoms with van der Waals surface area (Å²) in [4.78, 5) is 25.3. The van der Waals surface area contributed by atoms with E-state index >= 15 is 0 Å². The predicted molar refractivity (Wildman–Crippen MR) is 112 cm³/mol. The Morgan fingerprint density at radius 3 is 2.33 bits per heavy atom. The largest absolute Gasteiger partial charge is 0.351 e. The molecule has 1 aliphatic rings. The van der Waals surface area contributed by atoms with Crippen LogP contribution in [-0.2, 0) is 5.41 Å². The van der Waals surface area contributed by atoms with Gasteiger partial charge in [-0.15, -0.1) is 0 Å². The Morgan fingerprint density at radius 2 is 1.77 bits per heavy atom. The summed E-state index contributed by atoms with van der Waals surface area (Å²) in [5.41, 5.74) is 1.21. The van der Waals surface area contributed by atoms with Crippen molar-refractivity contribution in [2.45, 2.75) is 23.4 Å². The number of benzene rings is 1. The maximum Gasteiger partial charge on any atom is 0.257 e. The number of hydrogen-bond donors (Lipinski definition) is 1. The third kappa shape index (κ3) is 4.02. The molecule has 9 heteroatoms. The van der Waals surface area contributed by atoms with Gasteiger partial charge in [-0.05, 0) is 37.3 Å². The number of thioether (sulfide) groups is 1. The van der Waals surface area contributed by atoms with Crippen LogP contribution in [0, 0.1) is 11.6 Å². The molecular formula is C21H17ClF2N4OS. The number of rotatable bonds is 6. The monoisotopic (exact) mass is 446 g/mol. The van der Waals surface area contributed by atoms with Crippen molar-refractivity contribution in [1.82, 2.24) is 20.3 Å². The van der Waals surface area contributed by atoms with Crippen LogP contribution in [0.1, 0.15) is 28.9 Å². The Hall–Kier alpha value is -2.58. The van der Waals surface area contributed by atoms with E-state index in [1.54, 1.807) is 24.7 Å². The summed E-state index contributed by atoms with van der Waals surface area (Å²) in [6, 6.07) is 5.11. The second-order valence-electron chi connectivity index (χ2n) is 7.07. The number of amides is 1. The fraction of sp³-hybridized carbons (Fsp3) is 0.238. The predicted octanol–water partition coefficient (Wildman–Crippen LogP) is 4.65. The zero-order valence-electron chi connectivity index (χ0n) is 16.0. The SMILES string of the molecule is CSc1ncc(-c2cnc(C3(CNC(=O)c4c(F)cccc4F)CC3)c(Cl)c2)cn1. The molecule has 1 aromatic carbocycles. The normalized spacial score (nSPS) is 14.4. The van der Waals surface area contributed by atoms with E-state index in [4.69, 9.17) is 11.6 Å². The van der Waals surface area contributed by atoms with E-state index in [-0.39, 0.29) is 6.54 Å². The molecule has 30 heavy (non-hydrogen) atoms. The number of hydrogen-bond acceptors (Lipinski definition) is 5. The maximum absolute atomic E-state index is 13.8. The highest BCUT2D eigenvalue weighted by molar-refractivity contribution is 7.98. The minimum atomic E-state index is -0.896. The summed E-state index contributed by atoms with van der Waals surface area (Å²) in [5.74, 6) is -2.59. The van der Waals surface area contributed by atoms with E-state index in [1.165, 1.54) is 17.8 Å². The van der Waals surface area contributed by atoms with Crippen molar-refractivity contribution in [3.63, 3.8) is 0 Å². The number of carbonyl (C=O) groups excluding carboxylic acids is 1. The van der Waals surface area contributed by atoms with E-state index < -0.39 is 28.5 Å². The minimum Gasteiger partial charge on any atom is -0.351 e. The van der Waals surface area contributed by atoms with Gasteiger partial charge in [-0.2, -0.15) is 0 Å². The Morgan fingerprint density at radius 1 is 1.13 bits per heavy atom. The van der Waals surface area contributed by atoms with Crippen LogP contribution in [0.15, 0.2) is 48.0 Å². The average molecular weight is 447 g/mol. The summed E-state index contributed by atoms with van der Waals surface area (Å²) in [6.45, 7) is 0.192. The van der Waals surface area contributed by atoms with Gasteiger partial charge in [-0.1, -0.05) is 29.4 Å². The van der Waals surface area contributed by atoms with Crippen molar-refractivity contribution in [2.75, 3.05) is 12.8 Å². The van der Waals surface area contributed by atoms with Gasteiger partial charge in [0, 0.05) is 41.7 Å². The molecule has 0 radical (unpaired) electrons. The number of halogens is 3. The van der Waals surface area contributed by atoms with Crippen molar-refractivity contribution in [3.05, 3.63) is 70.8 Å². The Labute approximate surface area is 181 Å². The standard InChI is InChI=1S/C21H17ClF2N4OS/c1-30-20-26-9-13(10-27-20)12-7-14(22)18(25-8-12)21(5-6-21)11-28-19(29)17-15(23)3-2-4-16(17)24/h2-4,7-10H,5-6,11H2,1H3,(H,28,29). The lowest BCUT2D eigenvalue weighted by Gasteiger charge is -2.18. The van der Waals surface area contributed by atoms with Gasteiger partial charge in [0.25, 0.3) is 5.91 Å². The third-order valence-electron chi connectivity index (χ3n) is 5.12. The smallest absolute Gasteiger partial charge is 0.257 e. The number of nitrogens with one attached hydrogen (secondary N) is 1. The van der Waals surface area contributed by atoms with Gasteiger partial charge in [0.05, 0.1) is 10.7 Å². The molecule has 1 saturated carbocycles. The summed E-state index contributed by atoms with van der Waals surface area (Å²) in [6.07, 6.45) is 8.55. The van der Waals surface area contributed by atoms with Crippen molar-refractivity contribution in [3.8, 4) is 11.1 Å². The fourth-order valence-electron chi connectivity index (χ4n) is 3.26. The molecule has 1 amide bonds. The first-order valence-corrected chi connectivity index (χ1v) is 10.8. The Balaban J connectivity index is 1.51. The first-order chi connectivity index (χ1) is 14.4. The molecule has 0 unspecified atom stereocenters. The Bertz CT molecular complexity index is 1090. The molecule has 1 fully saturated rings. The topological polar surface area (TPSA) is 67.8 Å². The molecule has 0 bridgehead atoms. The summed E-state index contributed by atoms with van der Waals surface area (Å²) in [7, 11) is 0. The van der Waals surface area contributed by atoms with E-state index in [0.717, 1.165) is 36.1 Å². The van der Waals surface area contributed by atoms with Gasteiger partial charge in [-0.25, -0.2) is 18.7 Å². The molecule has 0 spiro atoms. The van der Waals surface area contributed by atoms with E-state index in [1.807, 2.05) is 6.26 Å². The second kappa shape index (κ2) is 8.28. The van der Waals surface area contributed by atoms with Crippen LogP contribution in [0.25, 0.3) is 11.1 Å². The van der Waals surface area contributed by atoms with Crippen molar-refractivity contribution < 1.29 is 13.6 Å². The van der Waals surface area contributed by atoms with Crippen LogP contribution in [0.4, 0.5) is 8.78 Å². The van der Waals surface area contributed by atoms with Crippen LogP contribution in [0.5, 0.6) is 0 Å². The number of carbonyl (C=O) groups is 1. The molecule has 154 valence electrons. The zero-order valence-corrected chi connectivity index (χ0v) is 17.5. The number of nitrogens with zero attached hydrogens (tertiary/aromatic N) is 3. The zero-order chi connectivity index (χ0) is 21.3. The molecule has 0 saturated heterocycles. The average Bonchev–Trinajstić information content (AvgIpc) is 3.53. The van der Waals surface area contributed by atoms with E-state index in [2.05, 4.69) is 20.3 Å². The van der Waals surface area contributed by atoms with Gasteiger partial charge in [0.1, 0.15) is 17.2 Å². The molecule has 0 aliphatic heterocycles. The molecule has 2 aromatic heterocycles.